The summed E-state index contributed by atoms with van der Waals surface area (Å²) in [5.74, 6) is 0. The number of aryl methyl sites for hydroxylation is 1. The first-order chi connectivity index (χ1) is 8.74. The van der Waals surface area contributed by atoms with Gasteiger partial charge in [0.15, 0.2) is 0 Å². The quantitative estimate of drug-likeness (QED) is 0.778. The molecule has 5 nitrogen and oxygen atoms in total. The average molecular weight is 253 g/mol. The van der Waals surface area contributed by atoms with Crippen molar-refractivity contribution in [2.75, 3.05) is 26.2 Å². The van der Waals surface area contributed by atoms with Crippen LogP contribution in [0.1, 0.15) is 20.3 Å². The molecular formula is C13H23N3O2. The summed E-state index contributed by atoms with van der Waals surface area (Å²) in [6, 6.07) is 0. The van der Waals surface area contributed by atoms with Gasteiger partial charge in [0.05, 0.1) is 19.3 Å². The normalized spacial score (nSPS) is 21.3. The number of nitrogens with zero attached hydrogens (tertiary/aromatic N) is 3. The number of morpholine rings is 1. The van der Waals surface area contributed by atoms with E-state index in [1.807, 2.05) is 12.4 Å². The van der Waals surface area contributed by atoms with Crippen LogP contribution < -0.4 is 5.69 Å². The van der Waals surface area contributed by atoms with Crippen LogP contribution in [0.5, 0.6) is 0 Å². The van der Waals surface area contributed by atoms with Gasteiger partial charge in [0.25, 0.3) is 0 Å². The molecular weight excluding hydrogens is 230 g/mol. The number of hydrogen-bond acceptors (Lipinski definition) is 3. The third kappa shape index (κ3) is 3.03. The highest BCUT2D eigenvalue weighted by molar-refractivity contribution is 4.83. The molecule has 0 bridgehead atoms. The second kappa shape index (κ2) is 6.20. The van der Waals surface area contributed by atoms with E-state index in [0.29, 0.717) is 6.54 Å². The summed E-state index contributed by atoms with van der Waals surface area (Å²) in [5, 5.41) is 0. The number of ether oxygens (including phenoxy) is 1. The lowest BCUT2D eigenvalue weighted by molar-refractivity contribution is -0.0347. The molecule has 1 aromatic heterocycles. The summed E-state index contributed by atoms with van der Waals surface area (Å²) in [4.78, 5) is 14.4. The second-order valence-corrected chi connectivity index (χ2v) is 4.81. The standard InChI is InChI=1S/C13H23N3O2/c1-3-5-15-6-7-16(13(15)17)11-12-10-14(4-2)8-9-18-12/h6-7,12H,3-5,8-11H2,1-2H3. The third-order valence-electron chi connectivity index (χ3n) is 3.45. The molecule has 1 aliphatic heterocycles. The van der Waals surface area contributed by atoms with Crippen LogP contribution >= 0.6 is 0 Å². The molecule has 5 heteroatoms. The predicted octanol–water partition coefficient (Wildman–Crippen LogP) is 0.781. The topological polar surface area (TPSA) is 39.4 Å². The maximum atomic E-state index is 12.0. The highest BCUT2D eigenvalue weighted by Gasteiger charge is 2.20. The van der Waals surface area contributed by atoms with Crippen molar-refractivity contribution in [2.24, 2.45) is 0 Å². The van der Waals surface area contributed by atoms with E-state index in [2.05, 4.69) is 18.7 Å². The molecule has 1 unspecified atom stereocenters. The molecule has 0 amide bonds. The van der Waals surface area contributed by atoms with Gasteiger partial charge in [-0.2, -0.15) is 0 Å². The van der Waals surface area contributed by atoms with Gasteiger partial charge in [0.1, 0.15) is 0 Å². The molecule has 0 spiro atoms. The van der Waals surface area contributed by atoms with Crippen molar-refractivity contribution >= 4 is 0 Å². The molecule has 1 aliphatic rings. The number of aromatic nitrogens is 2. The van der Waals surface area contributed by atoms with E-state index < -0.39 is 0 Å². The molecule has 2 rings (SSSR count). The van der Waals surface area contributed by atoms with Crippen LogP contribution in [-0.4, -0.2) is 46.4 Å². The maximum absolute atomic E-state index is 12.0. The van der Waals surface area contributed by atoms with Crippen LogP contribution in [0.25, 0.3) is 0 Å². The Morgan fingerprint density at radius 3 is 2.83 bits per heavy atom. The van der Waals surface area contributed by atoms with Crippen LogP contribution in [0.4, 0.5) is 0 Å². The highest BCUT2D eigenvalue weighted by Crippen LogP contribution is 2.06. The van der Waals surface area contributed by atoms with E-state index in [0.717, 1.165) is 39.2 Å². The molecule has 0 radical (unpaired) electrons. The zero-order valence-electron chi connectivity index (χ0n) is 11.3. The minimum Gasteiger partial charge on any atom is -0.374 e. The summed E-state index contributed by atoms with van der Waals surface area (Å²) in [6.45, 7) is 9.42. The predicted molar refractivity (Wildman–Crippen MR) is 70.8 cm³/mol. The van der Waals surface area contributed by atoms with Crippen LogP contribution in [-0.2, 0) is 17.8 Å². The van der Waals surface area contributed by atoms with E-state index in [1.165, 1.54) is 0 Å². The Hall–Kier alpha value is -1.07. The van der Waals surface area contributed by atoms with Crippen LogP contribution in [0, 0.1) is 0 Å². The van der Waals surface area contributed by atoms with Gasteiger partial charge in [-0.1, -0.05) is 13.8 Å². The Bertz CT molecular complexity index is 424. The van der Waals surface area contributed by atoms with Crippen molar-refractivity contribution in [2.45, 2.75) is 39.5 Å². The SMILES string of the molecule is CCCn1ccn(CC2CN(CC)CCO2)c1=O. The Labute approximate surface area is 108 Å². The van der Waals surface area contributed by atoms with E-state index in [9.17, 15) is 4.79 Å². The first-order valence-corrected chi connectivity index (χ1v) is 6.84. The fourth-order valence-electron chi connectivity index (χ4n) is 2.40. The summed E-state index contributed by atoms with van der Waals surface area (Å²) < 4.78 is 9.26. The summed E-state index contributed by atoms with van der Waals surface area (Å²) >= 11 is 0. The van der Waals surface area contributed by atoms with Gasteiger partial charge < -0.3 is 4.74 Å². The molecule has 102 valence electrons. The molecule has 1 saturated heterocycles. The van der Waals surface area contributed by atoms with Crippen molar-refractivity contribution in [3.63, 3.8) is 0 Å². The van der Waals surface area contributed by atoms with Crippen LogP contribution in [0.3, 0.4) is 0 Å². The van der Waals surface area contributed by atoms with Crippen molar-refractivity contribution in [3.05, 3.63) is 22.9 Å². The van der Waals surface area contributed by atoms with E-state index in [-0.39, 0.29) is 11.8 Å². The van der Waals surface area contributed by atoms with Gasteiger partial charge in [-0.15, -0.1) is 0 Å². The zero-order valence-corrected chi connectivity index (χ0v) is 11.3. The lowest BCUT2D eigenvalue weighted by Gasteiger charge is -2.32. The van der Waals surface area contributed by atoms with Gasteiger partial charge in [0, 0.05) is 32.0 Å². The Morgan fingerprint density at radius 1 is 1.33 bits per heavy atom. The lowest BCUT2D eigenvalue weighted by Crippen LogP contribution is -2.45. The van der Waals surface area contributed by atoms with E-state index >= 15 is 0 Å². The first-order valence-electron chi connectivity index (χ1n) is 6.84. The molecule has 1 aromatic rings. The molecule has 1 fully saturated rings. The molecule has 0 aliphatic carbocycles. The van der Waals surface area contributed by atoms with E-state index in [1.54, 1.807) is 9.13 Å². The molecule has 18 heavy (non-hydrogen) atoms. The zero-order chi connectivity index (χ0) is 13.0. The second-order valence-electron chi connectivity index (χ2n) is 4.81. The van der Waals surface area contributed by atoms with Gasteiger partial charge in [-0.25, -0.2) is 4.79 Å². The van der Waals surface area contributed by atoms with Crippen LogP contribution in [0.2, 0.25) is 0 Å². The summed E-state index contributed by atoms with van der Waals surface area (Å²) in [6.07, 6.45) is 4.85. The largest absolute Gasteiger partial charge is 0.374 e. The van der Waals surface area contributed by atoms with Gasteiger partial charge in [0.2, 0.25) is 0 Å². The Morgan fingerprint density at radius 2 is 2.11 bits per heavy atom. The third-order valence-corrected chi connectivity index (χ3v) is 3.45. The van der Waals surface area contributed by atoms with Gasteiger partial charge >= 0.3 is 5.69 Å². The number of likely N-dealkylation sites (N-methyl/N-ethyl adjacent to an activating group) is 1. The molecule has 0 aromatic carbocycles. The summed E-state index contributed by atoms with van der Waals surface area (Å²) in [5.41, 5.74) is 0.0778. The number of hydrogen-bond donors (Lipinski definition) is 0. The average Bonchev–Trinajstić information content (AvgIpc) is 2.72. The first kappa shape index (κ1) is 13.4. The van der Waals surface area contributed by atoms with Crippen molar-refractivity contribution in [1.29, 1.82) is 0 Å². The van der Waals surface area contributed by atoms with Crippen molar-refractivity contribution in [1.82, 2.24) is 14.0 Å². The molecule has 0 N–H and O–H groups in total. The number of imidazole rings is 1. The van der Waals surface area contributed by atoms with Crippen molar-refractivity contribution in [3.8, 4) is 0 Å². The van der Waals surface area contributed by atoms with E-state index in [4.69, 9.17) is 4.74 Å². The fourth-order valence-corrected chi connectivity index (χ4v) is 2.40. The summed E-state index contributed by atoms with van der Waals surface area (Å²) in [7, 11) is 0. The smallest absolute Gasteiger partial charge is 0.328 e. The van der Waals surface area contributed by atoms with Gasteiger partial charge in [-0.05, 0) is 13.0 Å². The van der Waals surface area contributed by atoms with Gasteiger partial charge in [-0.3, -0.25) is 14.0 Å². The van der Waals surface area contributed by atoms with Crippen molar-refractivity contribution < 1.29 is 4.74 Å². The molecule has 1 atom stereocenters. The monoisotopic (exact) mass is 253 g/mol. The highest BCUT2D eigenvalue weighted by atomic mass is 16.5. The fraction of sp³-hybridized carbons (Fsp3) is 0.769. The molecule has 0 saturated carbocycles. The lowest BCUT2D eigenvalue weighted by atomic mass is 10.2. The Kier molecular flexibility index (Phi) is 4.60. The Balaban J connectivity index is 1.98. The minimum atomic E-state index is 0.0778. The van der Waals surface area contributed by atoms with Crippen LogP contribution in [0.15, 0.2) is 17.2 Å². The molecule has 2 heterocycles. The maximum Gasteiger partial charge on any atom is 0.328 e. The minimum absolute atomic E-state index is 0.0778. The number of rotatable bonds is 5.